The summed E-state index contributed by atoms with van der Waals surface area (Å²) < 4.78 is 5.85. The van der Waals surface area contributed by atoms with E-state index < -0.39 is 0 Å². The molecule has 0 aliphatic carbocycles. The second-order valence-corrected chi connectivity index (χ2v) is 4.57. The molecule has 0 saturated carbocycles. The van der Waals surface area contributed by atoms with Gasteiger partial charge in [0, 0.05) is 0 Å². The van der Waals surface area contributed by atoms with Gasteiger partial charge in [-0.25, -0.2) is 4.68 Å². The van der Waals surface area contributed by atoms with Gasteiger partial charge in [0.05, 0.1) is 16.9 Å². The van der Waals surface area contributed by atoms with Crippen molar-refractivity contribution in [1.82, 2.24) is 24.6 Å². The Hall–Kier alpha value is -1.82. The molecule has 0 amide bonds. The fourth-order valence-corrected chi connectivity index (χ4v) is 2.37. The number of fused-ring (bicyclic) bond motifs is 1. The van der Waals surface area contributed by atoms with Crippen LogP contribution in [0.15, 0.2) is 24.3 Å². The molecule has 1 aromatic carbocycles. The second kappa shape index (κ2) is 4.21. The predicted octanol–water partition coefficient (Wildman–Crippen LogP) is 1.89. The van der Waals surface area contributed by atoms with Gasteiger partial charge in [-0.15, -0.1) is 10.2 Å². The van der Waals surface area contributed by atoms with E-state index in [0.717, 1.165) is 23.1 Å². The number of hydrogen-bond donors (Lipinski definition) is 0. The first-order valence-electron chi connectivity index (χ1n) is 5.47. The van der Waals surface area contributed by atoms with Crippen LogP contribution in [0.25, 0.3) is 11.0 Å². The number of nitrogens with zero attached hydrogens (tertiary/aromatic N) is 5. The molecule has 2 heterocycles. The van der Waals surface area contributed by atoms with Crippen molar-refractivity contribution in [1.29, 1.82) is 0 Å². The zero-order chi connectivity index (χ0) is 11.7. The Balaban J connectivity index is 2.00. The minimum atomic E-state index is 0.639. The summed E-state index contributed by atoms with van der Waals surface area (Å²) in [5.41, 5.74) is 2.93. The first-order valence-corrected chi connectivity index (χ1v) is 6.24. The number of benzene rings is 1. The van der Waals surface area contributed by atoms with Gasteiger partial charge in [0.15, 0.2) is 0 Å². The normalized spacial score (nSPS) is 11.1. The third-order valence-electron chi connectivity index (χ3n) is 2.68. The second-order valence-electron chi connectivity index (χ2n) is 3.73. The summed E-state index contributed by atoms with van der Waals surface area (Å²) in [6.45, 7) is 2.75. The first-order chi connectivity index (χ1) is 8.38. The van der Waals surface area contributed by atoms with Crippen LogP contribution in [0.3, 0.4) is 0 Å². The van der Waals surface area contributed by atoms with Crippen molar-refractivity contribution in [3.63, 3.8) is 0 Å². The number of hydrogen-bond acceptors (Lipinski definition) is 5. The minimum absolute atomic E-state index is 0.639. The van der Waals surface area contributed by atoms with Gasteiger partial charge in [0.1, 0.15) is 11.2 Å². The van der Waals surface area contributed by atoms with Crippen LogP contribution in [0.1, 0.15) is 17.5 Å². The minimum Gasteiger partial charge on any atom is -0.239 e. The van der Waals surface area contributed by atoms with Crippen LogP contribution in [-0.2, 0) is 13.0 Å². The van der Waals surface area contributed by atoms with E-state index in [1.807, 2.05) is 28.9 Å². The average molecular weight is 245 g/mol. The molecule has 0 unspecified atom stereocenters. The largest absolute Gasteiger partial charge is 0.239 e. The Morgan fingerprint density at radius 2 is 2.12 bits per heavy atom. The Bertz CT molecular complexity index is 642. The molecular formula is C11H11N5S. The van der Waals surface area contributed by atoms with Crippen LogP contribution in [-0.4, -0.2) is 24.6 Å². The van der Waals surface area contributed by atoms with Crippen LogP contribution >= 0.6 is 11.5 Å². The zero-order valence-corrected chi connectivity index (χ0v) is 10.2. The molecule has 3 aromatic rings. The fourth-order valence-electron chi connectivity index (χ4n) is 1.79. The van der Waals surface area contributed by atoms with Crippen molar-refractivity contribution in [3.05, 3.63) is 34.8 Å². The maximum absolute atomic E-state index is 4.15. The van der Waals surface area contributed by atoms with E-state index >= 15 is 0 Å². The number of aromatic nitrogens is 5. The highest BCUT2D eigenvalue weighted by molar-refractivity contribution is 7.05. The van der Waals surface area contributed by atoms with Gasteiger partial charge in [-0.1, -0.05) is 28.8 Å². The molecule has 17 heavy (non-hydrogen) atoms. The summed E-state index contributed by atoms with van der Waals surface area (Å²) in [5.74, 6) is 0. The van der Waals surface area contributed by atoms with E-state index in [-0.39, 0.29) is 0 Å². The van der Waals surface area contributed by atoms with E-state index in [0.29, 0.717) is 6.54 Å². The highest BCUT2D eigenvalue weighted by Gasteiger charge is 2.09. The van der Waals surface area contributed by atoms with Gasteiger partial charge in [-0.3, -0.25) is 0 Å². The Morgan fingerprint density at radius 1 is 1.24 bits per heavy atom. The monoisotopic (exact) mass is 245 g/mol. The molecule has 0 radical (unpaired) electrons. The zero-order valence-electron chi connectivity index (χ0n) is 9.37. The molecule has 0 N–H and O–H groups in total. The van der Waals surface area contributed by atoms with E-state index in [4.69, 9.17) is 0 Å². The molecule has 86 valence electrons. The molecular weight excluding hydrogens is 234 g/mol. The quantitative estimate of drug-likeness (QED) is 0.707. The van der Waals surface area contributed by atoms with E-state index in [1.54, 1.807) is 0 Å². The van der Waals surface area contributed by atoms with Crippen LogP contribution in [0.4, 0.5) is 0 Å². The van der Waals surface area contributed by atoms with Crippen LogP contribution in [0, 0.1) is 0 Å². The predicted molar refractivity (Wildman–Crippen MR) is 65.9 cm³/mol. The lowest BCUT2D eigenvalue weighted by atomic mass is 10.3. The Morgan fingerprint density at radius 3 is 3.00 bits per heavy atom. The van der Waals surface area contributed by atoms with Crippen molar-refractivity contribution in [2.24, 2.45) is 0 Å². The number of para-hydroxylation sites is 1. The van der Waals surface area contributed by atoms with E-state index in [9.17, 15) is 0 Å². The van der Waals surface area contributed by atoms with E-state index in [1.165, 1.54) is 16.4 Å². The maximum Gasteiger partial charge on any atom is 0.113 e. The highest BCUT2D eigenvalue weighted by Crippen LogP contribution is 2.15. The molecule has 0 aliphatic rings. The van der Waals surface area contributed by atoms with Crippen molar-refractivity contribution < 1.29 is 0 Å². The topological polar surface area (TPSA) is 56.5 Å². The van der Waals surface area contributed by atoms with Crippen molar-refractivity contribution >= 4 is 22.6 Å². The smallest absolute Gasteiger partial charge is 0.113 e. The molecule has 0 bridgehead atoms. The lowest BCUT2D eigenvalue weighted by Crippen LogP contribution is -2.04. The number of rotatable bonds is 3. The number of aryl methyl sites for hydroxylation is 1. The summed E-state index contributed by atoms with van der Waals surface area (Å²) in [5, 5.41) is 12.4. The van der Waals surface area contributed by atoms with Crippen LogP contribution < -0.4 is 0 Å². The van der Waals surface area contributed by atoms with E-state index in [2.05, 4.69) is 26.8 Å². The molecule has 0 aliphatic heterocycles. The maximum atomic E-state index is 4.15. The highest BCUT2D eigenvalue weighted by atomic mass is 32.1. The van der Waals surface area contributed by atoms with Crippen LogP contribution in [0.2, 0.25) is 0 Å². The van der Waals surface area contributed by atoms with Gasteiger partial charge in [0.2, 0.25) is 0 Å². The first kappa shape index (κ1) is 10.3. The van der Waals surface area contributed by atoms with Crippen molar-refractivity contribution in [2.45, 2.75) is 19.9 Å². The summed E-state index contributed by atoms with van der Waals surface area (Å²) >= 11 is 1.45. The SMILES string of the molecule is CCc1snnc1Cn1nnc2ccccc21. The summed E-state index contributed by atoms with van der Waals surface area (Å²) in [4.78, 5) is 1.21. The third kappa shape index (κ3) is 1.80. The Labute approximate surface area is 102 Å². The fraction of sp³-hybridized carbons (Fsp3) is 0.273. The van der Waals surface area contributed by atoms with Gasteiger partial charge < -0.3 is 0 Å². The lowest BCUT2D eigenvalue weighted by molar-refractivity contribution is 0.652. The average Bonchev–Trinajstić information content (AvgIpc) is 2.97. The summed E-state index contributed by atoms with van der Waals surface area (Å²) in [6, 6.07) is 7.92. The molecule has 3 rings (SSSR count). The molecule has 0 saturated heterocycles. The van der Waals surface area contributed by atoms with Crippen molar-refractivity contribution in [2.75, 3.05) is 0 Å². The van der Waals surface area contributed by atoms with Gasteiger partial charge >= 0.3 is 0 Å². The Kier molecular flexibility index (Phi) is 2.56. The van der Waals surface area contributed by atoms with Gasteiger partial charge in [0.25, 0.3) is 0 Å². The third-order valence-corrected chi connectivity index (χ3v) is 3.58. The standard InChI is InChI=1S/C11H11N5S/c1-2-11-9(13-15-17-11)7-16-10-6-4-3-5-8(10)12-14-16/h3-6H,2,7H2,1H3. The lowest BCUT2D eigenvalue weighted by Gasteiger charge is -2.00. The van der Waals surface area contributed by atoms with Gasteiger partial charge in [-0.2, -0.15) is 0 Å². The van der Waals surface area contributed by atoms with Gasteiger partial charge in [-0.05, 0) is 30.1 Å². The van der Waals surface area contributed by atoms with Crippen molar-refractivity contribution in [3.8, 4) is 0 Å². The molecule has 0 atom stereocenters. The summed E-state index contributed by atoms with van der Waals surface area (Å²) in [6.07, 6.45) is 0.958. The van der Waals surface area contributed by atoms with Crippen LogP contribution in [0.5, 0.6) is 0 Å². The molecule has 2 aromatic heterocycles. The molecule has 6 heteroatoms. The summed E-state index contributed by atoms with van der Waals surface area (Å²) in [7, 11) is 0. The molecule has 5 nitrogen and oxygen atoms in total. The molecule has 0 spiro atoms. The molecule has 0 fully saturated rings.